The Morgan fingerprint density at radius 2 is 1.52 bits per heavy atom. The van der Waals surface area contributed by atoms with E-state index in [1.165, 1.54) is 6.07 Å². The molecule has 1 atom stereocenters. The topological polar surface area (TPSA) is 42.0 Å². The number of hydrogen-bond donors (Lipinski definition) is 0. The summed E-state index contributed by atoms with van der Waals surface area (Å²) in [5.41, 5.74) is 1.69. The van der Waals surface area contributed by atoms with Gasteiger partial charge in [-0.15, -0.1) is 12.4 Å². The molecule has 1 heterocycles. The average molecular weight is 702 g/mol. The van der Waals surface area contributed by atoms with Gasteiger partial charge in [-0.1, -0.05) is 96.5 Å². The van der Waals surface area contributed by atoms with Crippen LogP contribution in [0.4, 0.5) is 13.2 Å². The number of morpholine rings is 1. The van der Waals surface area contributed by atoms with E-state index in [4.69, 9.17) is 21.1 Å². The van der Waals surface area contributed by atoms with Crippen molar-refractivity contribution in [3.63, 3.8) is 0 Å². The number of carbonyl (C=O) groups is 1. The monoisotopic (exact) mass is 700 g/mol. The fraction of sp³-hybridized carbons (Fsp3) is 0.342. The third-order valence-electron chi connectivity index (χ3n) is 8.93. The molecular formula is C38H41Cl2F3N2O3. The van der Waals surface area contributed by atoms with Crippen LogP contribution in [-0.2, 0) is 34.2 Å². The zero-order valence-corrected chi connectivity index (χ0v) is 28.7. The van der Waals surface area contributed by atoms with Gasteiger partial charge in [0.15, 0.2) is 0 Å². The first-order valence-electron chi connectivity index (χ1n) is 15.9. The fourth-order valence-corrected chi connectivity index (χ4v) is 6.52. The highest BCUT2D eigenvalue weighted by atomic mass is 35.5. The van der Waals surface area contributed by atoms with Gasteiger partial charge >= 0.3 is 6.18 Å². The number of alkyl halides is 3. The molecule has 1 saturated heterocycles. The molecule has 4 aromatic carbocycles. The summed E-state index contributed by atoms with van der Waals surface area (Å²) in [6.45, 7) is 6.99. The number of nitrogens with zero attached hydrogens (tertiary/aromatic N) is 2. The van der Waals surface area contributed by atoms with Crippen LogP contribution in [0, 0.1) is 0 Å². The number of carbonyl (C=O) groups excluding carboxylic acids is 1. The lowest BCUT2D eigenvalue weighted by Crippen LogP contribution is -2.49. The maximum atomic E-state index is 13.9. The first-order valence-corrected chi connectivity index (χ1v) is 16.2. The molecule has 5 rings (SSSR count). The van der Waals surface area contributed by atoms with Gasteiger partial charge in [-0.05, 0) is 60.7 Å². The molecule has 1 aliphatic heterocycles. The van der Waals surface area contributed by atoms with Crippen LogP contribution in [0.5, 0.6) is 5.75 Å². The van der Waals surface area contributed by atoms with Crippen molar-refractivity contribution in [1.29, 1.82) is 0 Å². The first kappa shape index (κ1) is 37.3. The number of rotatable bonds is 12. The van der Waals surface area contributed by atoms with Gasteiger partial charge in [-0.2, -0.15) is 13.2 Å². The van der Waals surface area contributed by atoms with Crippen LogP contribution >= 0.6 is 24.0 Å². The van der Waals surface area contributed by atoms with Gasteiger partial charge in [0, 0.05) is 25.7 Å². The van der Waals surface area contributed by atoms with Gasteiger partial charge in [0.25, 0.3) is 0 Å². The minimum Gasteiger partial charge on any atom is -0.494 e. The van der Waals surface area contributed by atoms with Crippen LogP contribution in [0.25, 0.3) is 0 Å². The van der Waals surface area contributed by atoms with E-state index in [1.807, 2.05) is 89.8 Å². The Hall–Kier alpha value is -3.56. The molecule has 0 bridgehead atoms. The van der Waals surface area contributed by atoms with Crippen molar-refractivity contribution in [3.05, 3.63) is 136 Å². The largest absolute Gasteiger partial charge is 0.494 e. The lowest BCUT2D eigenvalue weighted by Gasteiger charge is -2.46. The van der Waals surface area contributed by atoms with Crippen molar-refractivity contribution in [2.45, 2.75) is 51.0 Å². The van der Waals surface area contributed by atoms with Crippen molar-refractivity contribution >= 4 is 29.9 Å². The van der Waals surface area contributed by atoms with Crippen molar-refractivity contribution in [1.82, 2.24) is 9.80 Å². The smallest absolute Gasteiger partial charge is 0.417 e. The number of halogens is 5. The summed E-state index contributed by atoms with van der Waals surface area (Å²) in [4.78, 5) is 16.8. The van der Waals surface area contributed by atoms with E-state index in [9.17, 15) is 18.0 Å². The molecule has 10 heteroatoms. The number of ether oxygens (including phenoxy) is 2. The molecule has 1 aliphatic rings. The molecule has 0 saturated carbocycles. The average Bonchev–Trinajstić information content (AvgIpc) is 3.08. The summed E-state index contributed by atoms with van der Waals surface area (Å²) >= 11 is 6.46. The van der Waals surface area contributed by atoms with Crippen LogP contribution in [0.3, 0.4) is 0 Å². The van der Waals surface area contributed by atoms with Gasteiger partial charge in [0.05, 0.1) is 42.4 Å². The molecule has 256 valence electrons. The van der Waals surface area contributed by atoms with Crippen LogP contribution < -0.4 is 4.74 Å². The molecule has 0 aromatic heterocycles. The third-order valence-corrected chi connectivity index (χ3v) is 9.37. The molecule has 5 nitrogen and oxygen atoms in total. The highest BCUT2D eigenvalue weighted by molar-refractivity contribution is 6.32. The maximum Gasteiger partial charge on any atom is 0.417 e. The lowest BCUT2D eigenvalue weighted by molar-refractivity contribution is -0.137. The Bertz CT molecular complexity index is 1580. The summed E-state index contributed by atoms with van der Waals surface area (Å²) in [5.74, 6) is 0.718. The molecule has 0 N–H and O–H groups in total. The first-order chi connectivity index (χ1) is 22.6. The molecule has 0 aliphatic carbocycles. The minimum absolute atomic E-state index is 0. The Morgan fingerprint density at radius 3 is 2.12 bits per heavy atom. The second kappa shape index (κ2) is 16.7. The molecule has 1 amide bonds. The van der Waals surface area contributed by atoms with Gasteiger partial charge < -0.3 is 14.4 Å². The predicted molar refractivity (Wildman–Crippen MR) is 186 cm³/mol. The summed E-state index contributed by atoms with van der Waals surface area (Å²) in [6.07, 6.45) is -3.71. The Balaban J connectivity index is 0.00000520. The Morgan fingerprint density at radius 1 is 0.917 bits per heavy atom. The maximum absolute atomic E-state index is 13.9. The summed E-state index contributed by atoms with van der Waals surface area (Å²) in [5, 5.41) is -0.291. The highest BCUT2D eigenvalue weighted by Crippen LogP contribution is 2.41. The van der Waals surface area contributed by atoms with Crippen LogP contribution in [0.1, 0.15) is 48.1 Å². The van der Waals surface area contributed by atoms with E-state index in [0.717, 1.165) is 22.8 Å². The van der Waals surface area contributed by atoms with Crippen LogP contribution in [-0.4, -0.2) is 54.7 Å². The molecule has 0 unspecified atom stereocenters. The summed E-state index contributed by atoms with van der Waals surface area (Å²) < 4.78 is 53.2. The van der Waals surface area contributed by atoms with Crippen molar-refractivity contribution in [2.75, 3.05) is 32.9 Å². The zero-order chi connectivity index (χ0) is 33.4. The highest BCUT2D eigenvalue weighted by Gasteiger charge is 2.40. The predicted octanol–water partition coefficient (Wildman–Crippen LogP) is 8.81. The molecule has 1 fully saturated rings. The fourth-order valence-electron chi connectivity index (χ4n) is 6.23. The number of hydrogen-bond acceptors (Lipinski definition) is 4. The second-order valence-electron chi connectivity index (χ2n) is 12.0. The zero-order valence-electron chi connectivity index (χ0n) is 27.1. The van der Waals surface area contributed by atoms with Crippen LogP contribution in [0.2, 0.25) is 5.02 Å². The van der Waals surface area contributed by atoms with E-state index in [2.05, 4.69) is 18.7 Å². The molecule has 0 radical (unpaired) electrons. The number of amides is 1. The quantitative estimate of drug-likeness (QED) is 0.148. The number of benzene rings is 4. The van der Waals surface area contributed by atoms with E-state index < -0.39 is 17.3 Å². The van der Waals surface area contributed by atoms with E-state index in [1.54, 1.807) is 6.07 Å². The third kappa shape index (κ3) is 8.91. The Kier molecular flexibility index (Phi) is 13.0. The van der Waals surface area contributed by atoms with Crippen molar-refractivity contribution in [3.8, 4) is 5.75 Å². The molecular weight excluding hydrogens is 660 g/mol. The van der Waals surface area contributed by atoms with Crippen molar-refractivity contribution < 1.29 is 27.4 Å². The Labute approximate surface area is 292 Å². The SMILES string of the molecule is C[C@H](CCOc1cccc(CC(=O)N2CCOCC2)c1)N(Cc1cccc(C(F)(F)F)c1Cl)C(C)(c1ccccc1)c1ccccc1.Cl. The van der Waals surface area contributed by atoms with Gasteiger partial charge in [-0.25, -0.2) is 0 Å². The second-order valence-corrected chi connectivity index (χ2v) is 12.4. The van der Waals surface area contributed by atoms with Crippen molar-refractivity contribution in [2.24, 2.45) is 0 Å². The normalized spacial score (nSPS) is 14.4. The van der Waals surface area contributed by atoms with E-state index in [0.29, 0.717) is 50.6 Å². The van der Waals surface area contributed by atoms with Gasteiger partial charge in [0.1, 0.15) is 5.75 Å². The van der Waals surface area contributed by atoms with E-state index in [-0.39, 0.29) is 42.3 Å². The lowest BCUT2D eigenvalue weighted by atomic mass is 9.81. The molecule has 4 aromatic rings. The molecule has 0 spiro atoms. The minimum atomic E-state index is -4.57. The van der Waals surface area contributed by atoms with Gasteiger partial charge in [-0.3, -0.25) is 9.69 Å². The molecule has 48 heavy (non-hydrogen) atoms. The summed E-state index contributed by atoms with van der Waals surface area (Å²) in [6, 6.07) is 31.4. The summed E-state index contributed by atoms with van der Waals surface area (Å²) in [7, 11) is 0. The van der Waals surface area contributed by atoms with Gasteiger partial charge in [0.2, 0.25) is 5.91 Å². The van der Waals surface area contributed by atoms with Crippen LogP contribution in [0.15, 0.2) is 103 Å². The van der Waals surface area contributed by atoms with E-state index >= 15 is 0 Å². The standard InChI is InChI=1S/C38H40ClF3N2O3.ClH/c1-28(19-22-47-33-17-9-11-29(25-33)26-35(45)43-20-23-46-24-21-43)44(27-30-12-10-18-34(36(30)39)38(40,41)42)37(2,31-13-5-3-6-14-31)32-15-7-4-8-16-32;/h3-18,25,28H,19-24,26-27H2,1-2H3;1H/t28-;/m1./s1.